The van der Waals surface area contributed by atoms with Crippen molar-refractivity contribution in [2.45, 2.75) is 19.4 Å². The number of aromatic nitrogens is 1. The minimum Gasteiger partial charge on any atom is -0.365 e. The molecular formula is C11H18N4O. The third kappa shape index (κ3) is 2.70. The predicted molar refractivity (Wildman–Crippen MR) is 64.3 cm³/mol. The number of nitrogens with zero attached hydrogens (tertiary/aromatic N) is 2. The quantitative estimate of drug-likeness (QED) is 0.753. The lowest BCUT2D eigenvalue weighted by Gasteiger charge is -2.26. The molecule has 0 spiro atoms. The molecule has 0 fully saturated rings. The van der Waals surface area contributed by atoms with E-state index in [-0.39, 0.29) is 6.04 Å². The van der Waals surface area contributed by atoms with Crippen molar-refractivity contribution in [3.8, 4) is 0 Å². The lowest BCUT2D eigenvalue weighted by atomic mass is 10.1. The van der Waals surface area contributed by atoms with Crippen LogP contribution in [-0.4, -0.2) is 30.5 Å². The summed E-state index contributed by atoms with van der Waals surface area (Å²) in [5.41, 5.74) is 11.2. The molecule has 88 valence electrons. The van der Waals surface area contributed by atoms with Crippen LogP contribution in [0.3, 0.4) is 0 Å². The largest absolute Gasteiger partial charge is 0.365 e. The van der Waals surface area contributed by atoms with E-state index >= 15 is 0 Å². The van der Waals surface area contributed by atoms with Gasteiger partial charge in [0.05, 0.1) is 5.56 Å². The van der Waals surface area contributed by atoms with Gasteiger partial charge in [0, 0.05) is 19.3 Å². The average Bonchev–Trinajstić information content (AvgIpc) is 2.28. The molecule has 1 aromatic rings. The van der Waals surface area contributed by atoms with E-state index in [0.717, 1.165) is 6.42 Å². The Hall–Kier alpha value is -1.62. The van der Waals surface area contributed by atoms with Crippen LogP contribution in [-0.2, 0) is 0 Å². The second-order valence-corrected chi connectivity index (χ2v) is 3.78. The fourth-order valence-electron chi connectivity index (χ4n) is 1.51. The van der Waals surface area contributed by atoms with Crippen LogP contribution in [0.2, 0.25) is 0 Å². The summed E-state index contributed by atoms with van der Waals surface area (Å²) in [4.78, 5) is 17.3. The molecular weight excluding hydrogens is 204 g/mol. The maximum atomic E-state index is 11.2. The number of anilines is 1. The van der Waals surface area contributed by atoms with Crippen LogP contribution in [0.5, 0.6) is 0 Å². The van der Waals surface area contributed by atoms with Crippen LogP contribution >= 0.6 is 0 Å². The molecule has 0 aliphatic rings. The number of rotatable bonds is 5. The molecule has 0 aliphatic heterocycles. The Bertz CT molecular complexity index is 367. The van der Waals surface area contributed by atoms with Crippen molar-refractivity contribution in [2.75, 3.05) is 18.5 Å². The number of carbonyl (C=O) groups excluding carboxylic acids is 1. The van der Waals surface area contributed by atoms with Crippen LogP contribution in [0.1, 0.15) is 23.7 Å². The molecule has 1 heterocycles. The number of amides is 1. The molecule has 0 bridgehead atoms. The zero-order valence-electron chi connectivity index (χ0n) is 9.68. The van der Waals surface area contributed by atoms with Crippen molar-refractivity contribution < 1.29 is 4.79 Å². The highest BCUT2D eigenvalue weighted by atomic mass is 16.1. The molecule has 16 heavy (non-hydrogen) atoms. The van der Waals surface area contributed by atoms with Gasteiger partial charge in [-0.2, -0.15) is 0 Å². The molecule has 0 saturated heterocycles. The molecule has 0 aliphatic carbocycles. The van der Waals surface area contributed by atoms with Crippen LogP contribution in [0, 0.1) is 0 Å². The zero-order chi connectivity index (χ0) is 12.1. The summed E-state index contributed by atoms with van der Waals surface area (Å²) in [7, 11) is 1.88. The highest BCUT2D eigenvalue weighted by Gasteiger charge is 2.16. The zero-order valence-corrected chi connectivity index (χ0v) is 9.68. The minimum absolute atomic E-state index is 0.220. The average molecular weight is 222 g/mol. The van der Waals surface area contributed by atoms with Crippen LogP contribution in [0.15, 0.2) is 18.3 Å². The van der Waals surface area contributed by atoms with Crippen LogP contribution in [0.25, 0.3) is 0 Å². The summed E-state index contributed by atoms with van der Waals surface area (Å²) in [5, 5.41) is 0. The van der Waals surface area contributed by atoms with Gasteiger partial charge < -0.3 is 16.4 Å². The topological polar surface area (TPSA) is 85.2 Å². The van der Waals surface area contributed by atoms with Gasteiger partial charge in [-0.3, -0.25) is 4.79 Å². The maximum absolute atomic E-state index is 11.2. The lowest BCUT2D eigenvalue weighted by Crippen LogP contribution is -2.33. The van der Waals surface area contributed by atoms with Gasteiger partial charge in [-0.05, 0) is 32.0 Å². The van der Waals surface area contributed by atoms with E-state index in [0.29, 0.717) is 17.9 Å². The molecule has 1 atom stereocenters. The van der Waals surface area contributed by atoms with Gasteiger partial charge in [0.15, 0.2) is 0 Å². The first kappa shape index (κ1) is 12.4. The smallest absolute Gasteiger partial charge is 0.252 e. The van der Waals surface area contributed by atoms with Gasteiger partial charge in [0.2, 0.25) is 0 Å². The lowest BCUT2D eigenvalue weighted by molar-refractivity contribution is 0.100. The van der Waals surface area contributed by atoms with Crippen LogP contribution in [0.4, 0.5) is 5.82 Å². The Kier molecular flexibility index (Phi) is 4.25. The second kappa shape index (κ2) is 5.46. The highest BCUT2D eigenvalue weighted by molar-refractivity contribution is 5.97. The Morgan fingerprint density at radius 1 is 1.62 bits per heavy atom. The van der Waals surface area contributed by atoms with E-state index in [1.165, 1.54) is 0 Å². The Morgan fingerprint density at radius 2 is 2.31 bits per heavy atom. The van der Waals surface area contributed by atoms with Crippen LogP contribution < -0.4 is 16.4 Å². The third-order valence-corrected chi connectivity index (χ3v) is 2.63. The summed E-state index contributed by atoms with van der Waals surface area (Å²) in [6.45, 7) is 2.64. The molecule has 1 aromatic heterocycles. The van der Waals surface area contributed by atoms with Gasteiger partial charge >= 0.3 is 0 Å². The fraction of sp³-hybridized carbons (Fsp3) is 0.455. The first-order valence-corrected chi connectivity index (χ1v) is 5.25. The first-order valence-electron chi connectivity index (χ1n) is 5.25. The molecule has 0 saturated carbocycles. The molecule has 1 rings (SSSR count). The number of primary amides is 1. The normalized spacial score (nSPS) is 12.2. The molecule has 0 radical (unpaired) electrons. The van der Waals surface area contributed by atoms with E-state index < -0.39 is 5.91 Å². The third-order valence-electron chi connectivity index (χ3n) is 2.63. The van der Waals surface area contributed by atoms with Crippen molar-refractivity contribution in [3.63, 3.8) is 0 Å². The van der Waals surface area contributed by atoms with Gasteiger partial charge in [0.25, 0.3) is 5.91 Å². The molecule has 1 amide bonds. The van der Waals surface area contributed by atoms with E-state index in [4.69, 9.17) is 11.5 Å². The number of nitrogens with two attached hydrogens (primary N) is 2. The molecule has 5 heteroatoms. The van der Waals surface area contributed by atoms with Gasteiger partial charge in [-0.25, -0.2) is 4.98 Å². The molecule has 1 unspecified atom stereocenters. The summed E-state index contributed by atoms with van der Waals surface area (Å²) < 4.78 is 0. The summed E-state index contributed by atoms with van der Waals surface area (Å²) in [5.74, 6) is 0.144. The fourth-order valence-corrected chi connectivity index (χ4v) is 1.51. The van der Waals surface area contributed by atoms with Crippen molar-refractivity contribution in [1.82, 2.24) is 4.98 Å². The first-order chi connectivity index (χ1) is 7.57. The van der Waals surface area contributed by atoms with Crippen molar-refractivity contribution in [1.29, 1.82) is 0 Å². The van der Waals surface area contributed by atoms with E-state index in [9.17, 15) is 4.79 Å². The van der Waals surface area contributed by atoms with E-state index in [1.807, 2.05) is 18.9 Å². The van der Waals surface area contributed by atoms with Crippen molar-refractivity contribution >= 4 is 11.7 Å². The molecule has 0 aromatic carbocycles. The second-order valence-electron chi connectivity index (χ2n) is 3.78. The predicted octanol–water partition coefficient (Wildman–Crippen LogP) is 0.354. The van der Waals surface area contributed by atoms with Gasteiger partial charge in [0.1, 0.15) is 5.82 Å². The maximum Gasteiger partial charge on any atom is 0.252 e. The Morgan fingerprint density at radius 3 is 2.88 bits per heavy atom. The standard InChI is InChI=1S/C11H18N4O/c1-8(5-6-12)15(2)11-9(10(13)16)4-3-7-14-11/h3-4,7-8H,5-6,12H2,1-2H3,(H2,13,16). The van der Waals surface area contributed by atoms with Gasteiger partial charge in [-0.1, -0.05) is 0 Å². The van der Waals surface area contributed by atoms with E-state index in [2.05, 4.69) is 4.98 Å². The van der Waals surface area contributed by atoms with Gasteiger partial charge in [-0.15, -0.1) is 0 Å². The number of hydrogen-bond donors (Lipinski definition) is 2. The summed E-state index contributed by atoms with van der Waals surface area (Å²) in [6.07, 6.45) is 2.48. The Balaban J connectivity index is 2.98. The summed E-state index contributed by atoms with van der Waals surface area (Å²) >= 11 is 0. The SMILES string of the molecule is CC(CCN)N(C)c1ncccc1C(N)=O. The Labute approximate surface area is 95.4 Å². The summed E-state index contributed by atoms with van der Waals surface area (Å²) in [6, 6.07) is 3.60. The molecule has 5 nitrogen and oxygen atoms in total. The molecule has 4 N–H and O–H groups in total. The highest BCUT2D eigenvalue weighted by Crippen LogP contribution is 2.18. The number of hydrogen-bond acceptors (Lipinski definition) is 4. The minimum atomic E-state index is -0.463. The van der Waals surface area contributed by atoms with E-state index in [1.54, 1.807) is 18.3 Å². The number of carbonyl (C=O) groups is 1. The monoisotopic (exact) mass is 222 g/mol. The van der Waals surface area contributed by atoms with Crippen molar-refractivity contribution in [3.05, 3.63) is 23.9 Å². The van der Waals surface area contributed by atoms with Crippen molar-refractivity contribution in [2.24, 2.45) is 11.5 Å². The number of pyridine rings is 1.